The van der Waals surface area contributed by atoms with Crippen molar-refractivity contribution >= 4 is 29.9 Å². The van der Waals surface area contributed by atoms with E-state index in [-0.39, 0.29) is 24.0 Å². The highest BCUT2D eigenvalue weighted by atomic mass is 127. The first-order valence-electron chi connectivity index (χ1n) is 7.27. The van der Waals surface area contributed by atoms with Gasteiger partial charge in [-0.1, -0.05) is 19.8 Å². The summed E-state index contributed by atoms with van der Waals surface area (Å²) in [5.74, 6) is 0.925. The fourth-order valence-corrected chi connectivity index (χ4v) is 2.61. The van der Waals surface area contributed by atoms with Crippen LogP contribution in [0.2, 0.25) is 0 Å². The van der Waals surface area contributed by atoms with Crippen molar-refractivity contribution in [1.29, 1.82) is 0 Å². The molecule has 0 aromatic carbocycles. The predicted molar refractivity (Wildman–Crippen MR) is 92.5 cm³/mol. The van der Waals surface area contributed by atoms with Gasteiger partial charge in [0.25, 0.3) is 0 Å². The molecule has 4 nitrogen and oxygen atoms in total. The van der Waals surface area contributed by atoms with Crippen LogP contribution >= 0.6 is 24.0 Å². The summed E-state index contributed by atoms with van der Waals surface area (Å²) in [7, 11) is 1.72. The van der Waals surface area contributed by atoms with Gasteiger partial charge in [0.05, 0.1) is 6.61 Å². The molecule has 19 heavy (non-hydrogen) atoms. The molecule has 0 heterocycles. The van der Waals surface area contributed by atoms with Gasteiger partial charge in [-0.2, -0.15) is 0 Å². The van der Waals surface area contributed by atoms with Crippen LogP contribution in [-0.4, -0.2) is 39.3 Å². The lowest BCUT2D eigenvalue weighted by Gasteiger charge is -2.25. The van der Waals surface area contributed by atoms with Gasteiger partial charge in [0.2, 0.25) is 0 Å². The van der Waals surface area contributed by atoms with E-state index in [0.717, 1.165) is 25.6 Å². The number of halogens is 1. The van der Waals surface area contributed by atoms with E-state index in [2.05, 4.69) is 24.5 Å². The number of nitrogens with one attached hydrogen (secondary N) is 2. The van der Waals surface area contributed by atoms with Crippen LogP contribution in [0.5, 0.6) is 0 Å². The zero-order chi connectivity index (χ0) is 13.3. The fourth-order valence-electron chi connectivity index (χ4n) is 2.61. The van der Waals surface area contributed by atoms with Gasteiger partial charge in [-0.05, 0) is 31.6 Å². The molecular weight excluding hydrogens is 353 g/mol. The van der Waals surface area contributed by atoms with Crippen LogP contribution < -0.4 is 10.6 Å². The van der Waals surface area contributed by atoms with Crippen LogP contribution in [0.15, 0.2) is 4.99 Å². The van der Waals surface area contributed by atoms with Gasteiger partial charge < -0.3 is 15.4 Å². The minimum atomic E-state index is 0. The molecule has 1 aliphatic rings. The number of hydrogen-bond acceptors (Lipinski definition) is 2. The van der Waals surface area contributed by atoms with Gasteiger partial charge in [0.1, 0.15) is 0 Å². The molecule has 0 aliphatic heterocycles. The maximum atomic E-state index is 5.04. The molecule has 1 rings (SSSR count). The van der Waals surface area contributed by atoms with Crippen LogP contribution in [0.25, 0.3) is 0 Å². The number of methoxy groups -OCH3 is 1. The van der Waals surface area contributed by atoms with Crippen LogP contribution in [0.4, 0.5) is 0 Å². The SMILES string of the molecule is CCNC(=NCC1(CC)CCCC1)NCCOC.I. The van der Waals surface area contributed by atoms with Crippen molar-refractivity contribution in [2.24, 2.45) is 10.4 Å². The number of rotatable bonds is 7. The Kier molecular flexibility index (Phi) is 10.7. The molecule has 5 heteroatoms. The second-order valence-corrected chi connectivity index (χ2v) is 5.18. The topological polar surface area (TPSA) is 45.7 Å². The Bertz CT molecular complexity index is 253. The average Bonchev–Trinajstić information content (AvgIpc) is 2.86. The van der Waals surface area contributed by atoms with E-state index in [9.17, 15) is 0 Å². The molecular formula is C14H30IN3O. The number of guanidine groups is 1. The minimum Gasteiger partial charge on any atom is -0.383 e. The van der Waals surface area contributed by atoms with E-state index in [1.807, 2.05) is 0 Å². The first kappa shape index (κ1) is 19.0. The van der Waals surface area contributed by atoms with Crippen molar-refractivity contribution in [2.75, 3.05) is 33.4 Å². The Balaban J connectivity index is 0.00000324. The standard InChI is InChI=1S/C14H29N3O.HI/c1-4-14(8-6-7-9-14)12-17-13(15-5-2)16-10-11-18-3;/h4-12H2,1-3H3,(H2,15,16,17);1H. The Morgan fingerprint density at radius 3 is 2.42 bits per heavy atom. The van der Waals surface area contributed by atoms with E-state index >= 15 is 0 Å². The second-order valence-electron chi connectivity index (χ2n) is 5.18. The van der Waals surface area contributed by atoms with E-state index in [1.165, 1.54) is 32.1 Å². The summed E-state index contributed by atoms with van der Waals surface area (Å²) >= 11 is 0. The predicted octanol–water partition coefficient (Wildman–Crippen LogP) is 2.78. The maximum absolute atomic E-state index is 5.04. The van der Waals surface area contributed by atoms with Gasteiger partial charge >= 0.3 is 0 Å². The molecule has 0 amide bonds. The fraction of sp³-hybridized carbons (Fsp3) is 0.929. The lowest BCUT2D eigenvalue weighted by atomic mass is 9.84. The molecule has 0 saturated heterocycles. The molecule has 114 valence electrons. The Hall–Kier alpha value is -0.0400. The Morgan fingerprint density at radius 2 is 1.89 bits per heavy atom. The molecule has 0 atom stereocenters. The summed E-state index contributed by atoms with van der Waals surface area (Å²) in [5.41, 5.74) is 0.462. The van der Waals surface area contributed by atoms with E-state index < -0.39 is 0 Å². The summed E-state index contributed by atoms with van der Waals surface area (Å²) in [6, 6.07) is 0. The molecule has 0 bridgehead atoms. The monoisotopic (exact) mass is 383 g/mol. The minimum absolute atomic E-state index is 0. The molecule has 0 aromatic rings. The van der Waals surface area contributed by atoms with Gasteiger partial charge in [-0.3, -0.25) is 4.99 Å². The highest BCUT2D eigenvalue weighted by Gasteiger charge is 2.31. The van der Waals surface area contributed by atoms with E-state index in [0.29, 0.717) is 12.0 Å². The van der Waals surface area contributed by atoms with Crippen molar-refractivity contribution in [3.8, 4) is 0 Å². The zero-order valence-electron chi connectivity index (χ0n) is 12.6. The Labute approximate surface area is 135 Å². The molecule has 1 aliphatic carbocycles. The molecule has 1 saturated carbocycles. The highest BCUT2D eigenvalue weighted by Crippen LogP contribution is 2.41. The van der Waals surface area contributed by atoms with Crippen molar-refractivity contribution in [3.63, 3.8) is 0 Å². The van der Waals surface area contributed by atoms with Crippen LogP contribution in [0.1, 0.15) is 46.0 Å². The molecule has 0 unspecified atom stereocenters. The van der Waals surface area contributed by atoms with E-state index in [4.69, 9.17) is 9.73 Å². The van der Waals surface area contributed by atoms with Crippen molar-refractivity contribution in [1.82, 2.24) is 10.6 Å². The highest BCUT2D eigenvalue weighted by molar-refractivity contribution is 14.0. The Morgan fingerprint density at radius 1 is 1.21 bits per heavy atom. The van der Waals surface area contributed by atoms with Gasteiger partial charge in [0, 0.05) is 26.7 Å². The number of ether oxygens (including phenoxy) is 1. The first-order chi connectivity index (χ1) is 8.76. The largest absolute Gasteiger partial charge is 0.383 e. The number of aliphatic imine (C=N–C) groups is 1. The number of nitrogens with zero attached hydrogens (tertiary/aromatic N) is 1. The third-order valence-electron chi connectivity index (χ3n) is 3.93. The smallest absolute Gasteiger partial charge is 0.191 e. The van der Waals surface area contributed by atoms with Crippen LogP contribution in [0.3, 0.4) is 0 Å². The summed E-state index contributed by atoms with van der Waals surface area (Å²) < 4.78 is 5.04. The molecule has 0 aromatic heterocycles. The van der Waals surface area contributed by atoms with Gasteiger partial charge in [-0.25, -0.2) is 0 Å². The summed E-state index contributed by atoms with van der Waals surface area (Å²) in [4.78, 5) is 4.75. The van der Waals surface area contributed by atoms with Gasteiger partial charge in [-0.15, -0.1) is 24.0 Å². The second kappa shape index (κ2) is 10.7. The summed E-state index contributed by atoms with van der Waals surface area (Å²) in [6.45, 7) is 7.76. The van der Waals surface area contributed by atoms with Crippen molar-refractivity contribution in [3.05, 3.63) is 0 Å². The van der Waals surface area contributed by atoms with E-state index in [1.54, 1.807) is 7.11 Å². The molecule has 1 fully saturated rings. The third kappa shape index (κ3) is 6.79. The zero-order valence-corrected chi connectivity index (χ0v) is 15.0. The first-order valence-corrected chi connectivity index (χ1v) is 7.27. The normalized spacial score (nSPS) is 17.9. The quantitative estimate of drug-likeness (QED) is 0.308. The van der Waals surface area contributed by atoms with Crippen LogP contribution in [0, 0.1) is 5.41 Å². The number of hydrogen-bond donors (Lipinski definition) is 2. The van der Waals surface area contributed by atoms with Crippen LogP contribution in [-0.2, 0) is 4.74 Å². The third-order valence-corrected chi connectivity index (χ3v) is 3.93. The average molecular weight is 383 g/mol. The van der Waals surface area contributed by atoms with Crippen molar-refractivity contribution in [2.45, 2.75) is 46.0 Å². The molecule has 0 radical (unpaired) electrons. The van der Waals surface area contributed by atoms with Gasteiger partial charge in [0.15, 0.2) is 5.96 Å². The summed E-state index contributed by atoms with van der Waals surface area (Å²) in [6.07, 6.45) is 6.66. The maximum Gasteiger partial charge on any atom is 0.191 e. The lowest BCUT2D eigenvalue weighted by molar-refractivity contribution is 0.203. The van der Waals surface area contributed by atoms with Crippen molar-refractivity contribution < 1.29 is 4.74 Å². The summed E-state index contributed by atoms with van der Waals surface area (Å²) in [5, 5.41) is 6.59. The molecule has 2 N–H and O–H groups in total. The molecule has 0 spiro atoms. The lowest BCUT2D eigenvalue weighted by Crippen LogP contribution is -2.39.